The van der Waals surface area contributed by atoms with Crippen LogP contribution in [0.2, 0.25) is 0 Å². The van der Waals surface area contributed by atoms with Crippen molar-refractivity contribution in [3.63, 3.8) is 0 Å². The van der Waals surface area contributed by atoms with Crippen LogP contribution in [0.4, 0.5) is 8.78 Å². The molecule has 0 aliphatic carbocycles. The molecular formula is C17H19F2NO. The highest BCUT2D eigenvalue weighted by Crippen LogP contribution is 2.26. The molecule has 0 radical (unpaired) electrons. The summed E-state index contributed by atoms with van der Waals surface area (Å²) >= 11 is 0. The zero-order chi connectivity index (χ0) is 15.4. The second-order valence-electron chi connectivity index (χ2n) is 5.06. The van der Waals surface area contributed by atoms with E-state index in [1.165, 1.54) is 12.1 Å². The quantitative estimate of drug-likeness (QED) is 0.905. The third-order valence-electron chi connectivity index (χ3n) is 3.50. The van der Waals surface area contributed by atoms with Crippen LogP contribution in [0.3, 0.4) is 0 Å². The molecule has 1 unspecified atom stereocenters. The maximum atomic E-state index is 13.4. The number of likely N-dealkylation sites (N-methyl/N-ethyl adjacent to an activating group) is 1. The first-order valence-electron chi connectivity index (χ1n) is 6.80. The SMILES string of the molecule is CNC(Cc1cc(C)ccc1OC)c1cc(F)cc(F)c1. The highest BCUT2D eigenvalue weighted by molar-refractivity contribution is 5.38. The summed E-state index contributed by atoms with van der Waals surface area (Å²) in [5.74, 6) is -0.361. The molecule has 1 atom stereocenters. The first-order chi connectivity index (χ1) is 10.0. The van der Waals surface area contributed by atoms with Crippen molar-refractivity contribution in [2.24, 2.45) is 0 Å². The van der Waals surface area contributed by atoms with Crippen molar-refractivity contribution in [3.8, 4) is 5.75 Å². The van der Waals surface area contributed by atoms with E-state index in [9.17, 15) is 8.78 Å². The summed E-state index contributed by atoms with van der Waals surface area (Å²) in [7, 11) is 3.39. The van der Waals surface area contributed by atoms with Gasteiger partial charge in [-0.3, -0.25) is 0 Å². The van der Waals surface area contributed by atoms with Crippen molar-refractivity contribution in [3.05, 3.63) is 64.7 Å². The van der Waals surface area contributed by atoms with Crippen LogP contribution in [-0.4, -0.2) is 14.2 Å². The molecule has 0 saturated carbocycles. The highest BCUT2D eigenvalue weighted by Gasteiger charge is 2.15. The van der Waals surface area contributed by atoms with E-state index in [2.05, 4.69) is 5.32 Å². The van der Waals surface area contributed by atoms with Gasteiger partial charge >= 0.3 is 0 Å². The zero-order valence-electron chi connectivity index (χ0n) is 12.4. The molecule has 0 amide bonds. The minimum atomic E-state index is -0.568. The third kappa shape index (κ3) is 3.79. The van der Waals surface area contributed by atoms with Gasteiger partial charge in [0.1, 0.15) is 17.4 Å². The summed E-state index contributed by atoms with van der Waals surface area (Å²) in [5.41, 5.74) is 2.70. The van der Waals surface area contributed by atoms with Gasteiger partial charge in [0, 0.05) is 12.1 Å². The molecule has 0 bridgehead atoms. The monoisotopic (exact) mass is 291 g/mol. The lowest BCUT2D eigenvalue weighted by Gasteiger charge is -2.19. The number of benzene rings is 2. The number of hydrogen-bond acceptors (Lipinski definition) is 2. The Bertz CT molecular complexity index is 608. The maximum absolute atomic E-state index is 13.4. The fourth-order valence-electron chi connectivity index (χ4n) is 2.45. The van der Waals surface area contributed by atoms with Gasteiger partial charge in [-0.05, 0) is 49.7 Å². The molecule has 2 rings (SSSR count). The van der Waals surface area contributed by atoms with Crippen LogP contribution in [0.25, 0.3) is 0 Å². The maximum Gasteiger partial charge on any atom is 0.126 e. The molecule has 0 spiro atoms. The van der Waals surface area contributed by atoms with Gasteiger partial charge in [0.2, 0.25) is 0 Å². The van der Waals surface area contributed by atoms with E-state index < -0.39 is 11.6 Å². The molecule has 0 saturated heterocycles. The molecule has 1 N–H and O–H groups in total. The fraction of sp³-hybridized carbons (Fsp3) is 0.294. The number of halogens is 2. The Hall–Kier alpha value is -1.94. The predicted molar refractivity (Wildman–Crippen MR) is 79.6 cm³/mol. The Kier molecular flexibility index (Phi) is 4.91. The second kappa shape index (κ2) is 6.68. The van der Waals surface area contributed by atoms with Gasteiger partial charge in [0.25, 0.3) is 0 Å². The van der Waals surface area contributed by atoms with Gasteiger partial charge in [-0.2, -0.15) is 0 Å². The van der Waals surface area contributed by atoms with E-state index in [4.69, 9.17) is 4.74 Å². The highest BCUT2D eigenvalue weighted by atomic mass is 19.1. The van der Waals surface area contributed by atoms with Gasteiger partial charge in [0.05, 0.1) is 7.11 Å². The van der Waals surface area contributed by atoms with E-state index >= 15 is 0 Å². The molecule has 0 aliphatic rings. The summed E-state index contributed by atoms with van der Waals surface area (Å²) in [6, 6.07) is 9.30. The predicted octanol–water partition coefficient (Wildman–Crippen LogP) is 3.79. The lowest BCUT2D eigenvalue weighted by molar-refractivity contribution is 0.406. The van der Waals surface area contributed by atoms with Crippen LogP contribution in [-0.2, 0) is 6.42 Å². The molecule has 2 aromatic carbocycles. The minimum Gasteiger partial charge on any atom is -0.496 e. The van der Waals surface area contributed by atoms with E-state index in [0.717, 1.165) is 22.9 Å². The average Bonchev–Trinajstić information content (AvgIpc) is 2.43. The molecule has 112 valence electrons. The van der Waals surface area contributed by atoms with Crippen molar-refractivity contribution >= 4 is 0 Å². The summed E-state index contributed by atoms with van der Waals surface area (Å²) in [6.07, 6.45) is 0.588. The van der Waals surface area contributed by atoms with Crippen molar-refractivity contribution in [2.75, 3.05) is 14.2 Å². The molecule has 0 heterocycles. The fourth-order valence-corrected chi connectivity index (χ4v) is 2.45. The minimum absolute atomic E-state index is 0.189. The van der Waals surface area contributed by atoms with Crippen molar-refractivity contribution in [1.82, 2.24) is 5.32 Å². The van der Waals surface area contributed by atoms with Crippen LogP contribution in [0.15, 0.2) is 36.4 Å². The third-order valence-corrected chi connectivity index (χ3v) is 3.50. The Labute approximate surface area is 123 Å². The summed E-state index contributed by atoms with van der Waals surface area (Å²) in [5, 5.41) is 3.10. The van der Waals surface area contributed by atoms with E-state index in [1.807, 2.05) is 25.1 Å². The molecule has 0 fully saturated rings. The van der Waals surface area contributed by atoms with Gasteiger partial charge < -0.3 is 10.1 Å². The van der Waals surface area contributed by atoms with Crippen LogP contribution < -0.4 is 10.1 Å². The van der Waals surface area contributed by atoms with Gasteiger partial charge in [-0.25, -0.2) is 8.78 Å². The van der Waals surface area contributed by atoms with Crippen molar-refractivity contribution in [1.29, 1.82) is 0 Å². The number of methoxy groups -OCH3 is 1. The first-order valence-corrected chi connectivity index (χ1v) is 6.80. The largest absolute Gasteiger partial charge is 0.496 e. The molecule has 2 nitrogen and oxygen atoms in total. The molecule has 0 aliphatic heterocycles. The molecule has 2 aromatic rings. The number of aryl methyl sites for hydroxylation is 1. The van der Waals surface area contributed by atoms with Crippen molar-refractivity contribution < 1.29 is 13.5 Å². The van der Waals surface area contributed by atoms with E-state index in [0.29, 0.717) is 12.0 Å². The summed E-state index contributed by atoms with van der Waals surface area (Å²) < 4.78 is 32.1. The van der Waals surface area contributed by atoms with Gasteiger partial charge in [-0.1, -0.05) is 17.7 Å². The Morgan fingerprint density at radius 2 is 1.76 bits per heavy atom. The molecule has 4 heteroatoms. The van der Waals surface area contributed by atoms with Crippen LogP contribution in [0, 0.1) is 18.6 Å². The Morgan fingerprint density at radius 3 is 2.33 bits per heavy atom. The Balaban J connectivity index is 2.32. The van der Waals surface area contributed by atoms with Crippen LogP contribution in [0.5, 0.6) is 5.75 Å². The number of hydrogen-bond donors (Lipinski definition) is 1. The number of nitrogens with one attached hydrogen (secondary N) is 1. The molecular weight excluding hydrogens is 272 g/mol. The average molecular weight is 291 g/mol. The lowest BCUT2D eigenvalue weighted by Crippen LogP contribution is -2.19. The standard InChI is InChI=1S/C17H19F2NO/c1-11-4-5-17(21-3)13(6-11)9-16(20-2)12-7-14(18)10-15(19)8-12/h4-8,10,16,20H,9H2,1-3H3. The van der Waals surface area contributed by atoms with E-state index in [1.54, 1.807) is 14.2 Å². The lowest BCUT2D eigenvalue weighted by atomic mass is 9.97. The van der Waals surface area contributed by atoms with Gasteiger partial charge in [0.15, 0.2) is 0 Å². The topological polar surface area (TPSA) is 21.3 Å². The number of ether oxygens (including phenoxy) is 1. The van der Waals surface area contributed by atoms with E-state index in [-0.39, 0.29) is 6.04 Å². The second-order valence-corrected chi connectivity index (χ2v) is 5.06. The van der Waals surface area contributed by atoms with Crippen molar-refractivity contribution in [2.45, 2.75) is 19.4 Å². The molecule has 21 heavy (non-hydrogen) atoms. The zero-order valence-corrected chi connectivity index (χ0v) is 12.4. The normalized spacial score (nSPS) is 12.2. The van der Waals surface area contributed by atoms with Crippen LogP contribution in [0.1, 0.15) is 22.7 Å². The number of rotatable bonds is 5. The smallest absolute Gasteiger partial charge is 0.126 e. The Morgan fingerprint density at radius 1 is 1.10 bits per heavy atom. The summed E-state index contributed by atoms with van der Waals surface area (Å²) in [4.78, 5) is 0. The first kappa shape index (κ1) is 15.4. The summed E-state index contributed by atoms with van der Waals surface area (Å²) in [6.45, 7) is 2.00. The van der Waals surface area contributed by atoms with Gasteiger partial charge in [-0.15, -0.1) is 0 Å². The van der Waals surface area contributed by atoms with Crippen LogP contribution >= 0.6 is 0 Å². The molecule has 0 aromatic heterocycles.